The van der Waals surface area contributed by atoms with Crippen molar-refractivity contribution in [1.29, 1.82) is 0 Å². The summed E-state index contributed by atoms with van der Waals surface area (Å²) in [6.07, 6.45) is 4.91. The van der Waals surface area contributed by atoms with Gasteiger partial charge in [-0.3, -0.25) is 14.4 Å². The molecule has 3 aliphatic rings. The predicted octanol–water partition coefficient (Wildman–Crippen LogP) is 2.86. The van der Waals surface area contributed by atoms with Crippen molar-refractivity contribution in [1.82, 2.24) is 14.8 Å². The van der Waals surface area contributed by atoms with Gasteiger partial charge in [-0.15, -0.1) is 0 Å². The average Bonchev–Trinajstić information content (AvgIpc) is 2.94. The standard InChI is InChI=1S/C24H25F2N3O4/c1-13-6-16(25)14(17(26)7-13)8-27-21(32)15-9-28-12-24-5-3-4-23(2,10-24)11-29(24)22(33)18(28)20(31)19(15)30/h6-7,9,31H,3-5,8,10-12H2,1-2H3,(H,27,32)/t23-,24+/m0/s1. The van der Waals surface area contributed by atoms with Gasteiger partial charge >= 0.3 is 0 Å². The maximum atomic E-state index is 14.1. The van der Waals surface area contributed by atoms with Gasteiger partial charge in [-0.25, -0.2) is 8.78 Å². The average molecular weight is 457 g/mol. The van der Waals surface area contributed by atoms with Gasteiger partial charge < -0.3 is 19.9 Å². The summed E-state index contributed by atoms with van der Waals surface area (Å²) in [5, 5.41) is 12.9. The first-order chi connectivity index (χ1) is 15.5. The lowest BCUT2D eigenvalue weighted by molar-refractivity contribution is 0.0416. The molecule has 7 nitrogen and oxygen atoms in total. The van der Waals surface area contributed by atoms with Crippen LogP contribution in [-0.4, -0.2) is 38.5 Å². The van der Waals surface area contributed by atoms with Gasteiger partial charge in [-0.1, -0.05) is 13.3 Å². The first-order valence-corrected chi connectivity index (χ1v) is 11.0. The highest BCUT2D eigenvalue weighted by Crippen LogP contribution is 2.54. The molecule has 1 spiro atoms. The highest BCUT2D eigenvalue weighted by Gasteiger charge is 2.58. The van der Waals surface area contributed by atoms with Gasteiger partial charge in [0.05, 0.1) is 5.54 Å². The number of rotatable bonds is 3. The van der Waals surface area contributed by atoms with Crippen LogP contribution < -0.4 is 10.7 Å². The Morgan fingerprint density at radius 3 is 2.58 bits per heavy atom. The third-order valence-corrected chi connectivity index (χ3v) is 7.41. The number of aryl methyl sites for hydroxylation is 1. The van der Waals surface area contributed by atoms with Crippen LogP contribution in [0.5, 0.6) is 5.75 Å². The number of fused-ring (bicyclic) bond motifs is 2. The fourth-order valence-corrected chi connectivity index (χ4v) is 6.01. The number of aromatic hydroxyl groups is 1. The lowest BCUT2D eigenvalue weighted by atomic mass is 9.71. The monoisotopic (exact) mass is 457 g/mol. The van der Waals surface area contributed by atoms with Crippen LogP contribution in [0.4, 0.5) is 8.78 Å². The van der Waals surface area contributed by atoms with Crippen molar-refractivity contribution in [2.24, 2.45) is 5.41 Å². The first-order valence-electron chi connectivity index (χ1n) is 11.0. The largest absolute Gasteiger partial charge is 0.503 e. The van der Waals surface area contributed by atoms with E-state index in [4.69, 9.17) is 0 Å². The number of halogens is 2. The van der Waals surface area contributed by atoms with Gasteiger partial charge in [0.15, 0.2) is 11.4 Å². The van der Waals surface area contributed by atoms with Crippen LogP contribution in [0, 0.1) is 24.0 Å². The number of benzene rings is 1. The Hall–Kier alpha value is -3.23. The fraction of sp³-hybridized carbons (Fsp3) is 0.458. The minimum absolute atomic E-state index is 0.00514. The molecule has 2 amide bonds. The van der Waals surface area contributed by atoms with Crippen molar-refractivity contribution < 1.29 is 23.5 Å². The number of nitrogens with zero attached hydrogens (tertiary/aromatic N) is 2. The molecular weight excluding hydrogens is 432 g/mol. The minimum atomic E-state index is -0.985. The van der Waals surface area contributed by atoms with Gasteiger partial charge in [-0.2, -0.15) is 0 Å². The van der Waals surface area contributed by atoms with Gasteiger partial charge in [0.2, 0.25) is 5.43 Å². The van der Waals surface area contributed by atoms with Crippen molar-refractivity contribution in [3.05, 3.63) is 62.6 Å². The second kappa shape index (κ2) is 7.13. The number of aromatic nitrogens is 1. The Bertz CT molecular complexity index is 1250. The topological polar surface area (TPSA) is 91.6 Å². The third kappa shape index (κ3) is 3.24. The highest BCUT2D eigenvalue weighted by atomic mass is 19.1. The molecule has 2 fully saturated rings. The summed E-state index contributed by atoms with van der Waals surface area (Å²) >= 11 is 0. The first kappa shape index (κ1) is 21.6. The van der Waals surface area contributed by atoms with E-state index in [2.05, 4.69) is 12.2 Å². The van der Waals surface area contributed by atoms with Crippen LogP contribution in [-0.2, 0) is 13.1 Å². The molecule has 2 atom stereocenters. The molecule has 1 saturated heterocycles. The number of nitrogens with one attached hydrogen (secondary N) is 1. The predicted molar refractivity (Wildman–Crippen MR) is 115 cm³/mol. The number of carbonyl (C=O) groups excluding carboxylic acids is 2. The Balaban J connectivity index is 1.47. The van der Waals surface area contributed by atoms with Crippen molar-refractivity contribution >= 4 is 11.8 Å². The highest BCUT2D eigenvalue weighted by molar-refractivity contribution is 5.99. The van der Waals surface area contributed by atoms with E-state index < -0.39 is 46.7 Å². The van der Waals surface area contributed by atoms with E-state index in [1.165, 1.54) is 10.8 Å². The summed E-state index contributed by atoms with van der Waals surface area (Å²) in [5.41, 5.74) is -1.81. The second-order valence-electron chi connectivity index (χ2n) is 10.0. The summed E-state index contributed by atoms with van der Waals surface area (Å²) in [6.45, 7) is 4.19. The second-order valence-corrected chi connectivity index (χ2v) is 10.0. The SMILES string of the molecule is Cc1cc(F)c(CNC(=O)c2cn3c(c(O)c2=O)C(=O)N2C[C@@]4(C)CCC[C@]2(C3)C4)c(F)c1. The molecule has 2 aromatic rings. The smallest absolute Gasteiger partial charge is 0.275 e. The van der Waals surface area contributed by atoms with E-state index in [-0.39, 0.29) is 22.2 Å². The number of hydrogen-bond acceptors (Lipinski definition) is 4. The molecule has 3 heterocycles. The number of amides is 2. The Kier molecular flexibility index (Phi) is 4.67. The number of hydrogen-bond donors (Lipinski definition) is 2. The lowest BCUT2D eigenvalue weighted by Gasteiger charge is -2.45. The van der Waals surface area contributed by atoms with Crippen molar-refractivity contribution in [2.75, 3.05) is 6.54 Å². The van der Waals surface area contributed by atoms with Crippen LogP contribution in [0.25, 0.3) is 0 Å². The fourth-order valence-electron chi connectivity index (χ4n) is 6.01. The molecule has 9 heteroatoms. The van der Waals surface area contributed by atoms with Crippen LogP contribution in [0.1, 0.15) is 64.6 Å². The van der Waals surface area contributed by atoms with E-state index in [0.29, 0.717) is 18.7 Å². The van der Waals surface area contributed by atoms with E-state index in [1.807, 2.05) is 0 Å². The molecule has 5 rings (SSSR count). The summed E-state index contributed by atoms with van der Waals surface area (Å²) in [4.78, 5) is 40.6. The third-order valence-electron chi connectivity index (χ3n) is 7.41. The zero-order chi connectivity index (χ0) is 23.7. The van der Waals surface area contributed by atoms with E-state index >= 15 is 0 Å². The summed E-state index contributed by atoms with van der Waals surface area (Å²) < 4.78 is 29.7. The van der Waals surface area contributed by atoms with E-state index in [0.717, 1.165) is 37.8 Å². The van der Waals surface area contributed by atoms with Crippen LogP contribution in [0.15, 0.2) is 23.1 Å². The number of pyridine rings is 1. The quantitative estimate of drug-likeness (QED) is 0.742. The van der Waals surface area contributed by atoms with E-state index in [9.17, 15) is 28.3 Å². The summed E-state index contributed by atoms with van der Waals surface area (Å²) in [6, 6.07) is 2.31. The van der Waals surface area contributed by atoms with E-state index in [1.54, 1.807) is 11.8 Å². The van der Waals surface area contributed by atoms with Gasteiger partial charge in [-0.05, 0) is 49.3 Å². The molecule has 0 unspecified atom stereocenters. The Morgan fingerprint density at radius 2 is 1.88 bits per heavy atom. The Labute approximate surface area is 189 Å². The molecule has 2 bridgehead atoms. The maximum Gasteiger partial charge on any atom is 0.275 e. The molecule has 33 heavy (non-hydrogen) atoms. The molecule has 1 aromatic heterocycles. The number of carbonyl (C=O) groups is 2. The molecule has 1 aliphatic carbocycles. The normalized spacial score (nSPS) is 25.6. The van der Waals surface area contributed by atoms with Gasteiger partial charge in [0, 0.05) is 31.4 Å². The van der Waals surface area contributed by atoms with Crippen molar-refractivity contribution in [3.63, 3.8) is 0 Å². The zero-order valence-corrected chi connectivity index (χ0v) is 18.5. The van der Waals surface area contributed by atoms with Crippen LogP contribution >= 0.6 is 0 Å². The van der Waals surface area contributed by atoms with Gasteiger partial charge in [0.1, 0.15) is 17.2 Å². The summed E-state index contributed by atoms with van der Waals surface area (Å²) in [5.74, 6) is -3.66. The molecule has 1 saturated carbocycles. The molecule has 2 N–H and O–H groups in total. The Morgan fingerprint density at radius 1 is 1.18 bits per heavy atom. The van der Waals surface area contributed by atoms with Crippen LogP contribution in [0.2, 0.25) is 0 Å². The summed E-state index contributed by atoms with van der Waals surface area (Å²) in [7, 11) is 0. The lowest BCUT2D eigenvalue weighted by Crippen LogP contribution is -2.55. The molecule has 1 aromatic carbocycles. The molecule has 0 radical (unpaired) electrons. The minimum Gasteiger partial charge on any atom is -0.503 e. The molecule has 2 aliphatic heterocycles. The van der Waals surface area contributed by atoms with Gasteiger partial charge in [0.25, 0.3) is 11.8 Å². The maximum absolute atomic E-state index is 14.1. The van der Waals surface area contributed by atoms with Crippen molar-refractivity contribution in [3.8, 4) is 5.75 Å². The molecule has 174 valence electrons. The zero-order valence-electron chi connectivity index (χ0n) is 18.5. The van der Waals surface area contributed by atoms with Crippen molar-refractivity contribution in [2.45, 2.75) is 58.2 Å². The molecular formula is C24H25F2N3O4. The van der Waals surface area contributed by atoms with Crippen LogP contribution in [0.3, 0.4) is 0 Å².